The van der Waals surface area contributed by atoms with Crippen LogP contribution in [0.25, 0.3) is 0 Å². The summed E-state index contributed by atoms with van der Waals surface area (Å²) in [7, 11) is 0. The second kappa shape index (κ2) is 13.7. The summed E-state index contributed by atoms with van der Waals surface area (Å²) in [6.07, 6.45) is 17.7. The molecule has 0 bridgehead atoms. The molecule has 120 valence electrons. The number of unbranched alkanes of at least 4 members (excludes halogenated alkanes) is 2. The highest BCUT2D eigenvalue weighted by atomic mass is 14.1. The summed E-state index contributed by atoms with van der Waals surface area (Å²) in [5.74, 6) is 1.85. The summed E-state index contributed by atoms with van der Waals surface area (Å²) in [5.41, 5.74) is 1.62. The highest BCUT2D eigenvalue weighted by Gasteiger charge is 2.05. The normalized spacial score (nSPS) is 15.3. The molecule has 0 aromatic heterocycles. The summed E-state index contributed by atoms with van der Waals surface area (Å²) in [6, 6.07) is 0. The van der Waals surface area contributed by atoms with Gasteiger partial charge in [-0.2, -0.15) is 0 Å². The molecule has 0 N–H and O–H groups in total. The predicted molar refractivity (Wildman–Crippen MR) is 94.2 cm³/mol. The van der Waals surface area contributed by atoms with Crippen molar-refractivity contribution in [1.29, 1.82) is 0 Å². The summed E-state index contributed by atoms with van der Waals surface area (Å²) in [5, 5.41) is 0. The molecule has 0 saturated heterocycles. The molecule has 0 heteroatoms. The second-order valence-corrected chi connectivity index (χ2v) is 6.84. The van der Waals surface area contributed by atoms with Gasteiger partial charge in [-0.05, 0) is 38.0 Å². The molecule has 0 heterocycles. The van der Waals surface area contributed by atoms with Gasteiger partial charge < -0.3 is 0 Å². The molecule has 0 aliphatic heterocycles. The van der Waals surface area contributed by atoms with E-state index in [0.29, 0.717) is 0 Å². The zero-order chi connectivity index (χ0) is 15.2. The van der Waals surface area contributed by atoms with Gasteiger partial charge in [-0.1, -0.05) is 90.7 Å². The molecule has 0 aliphatic carbocycles. The third kappa shape index (κ3) is 11.6. The van der Waals surface area contributed by atoms with Crippen LogP contribution in [0.4, 0.5) is 0 Å². The van der Waals surface area contributed by atoms with Crippen molar-refractivity contribution in [3.63, 3.8) is 0 Å². The standard InChI is InChI=1S/C20H40/c1-6-9-12-18(4)16-17-19(5)13-11-15-20(8-3)14-10-7-2/h17-18,20H,6-16H2,1-5H3. The van der Waals surface area contributed by atoms with Gasteiger partial charge in [0, 0.05) is 0 Å². The van der Waals surface area contributed by atoms with E-state index in [1.165, 1.54) is 70.6 Å². The highest BCUT2D eigenvalue weighted by Crippen LogP contribution is 2.21. The first-order chi connectivity index (χ1) is 9.63. The lowest BCUT2D eigenvalue weighted by Gasteiger charge is -2.14. The molecule has 0 aromatic rings. The van der Waals surface area contributed by atoms with Crippen molar-refractivity contribution >= 4 is 0 Å². The van der Waals surface area contributed by atoms with Crippen LogP contribution in [0, 0.1) is 11.8 Å². The van der Waals surface area contributed by atoms with Gasteiger partial charge in [0.25, 0.3) is 0 Å². The molecular weight excluding hydrogens is 240 g/mol. The fourth-order valence-electron chi connectivity index (χ4n) is 2.89. The van der Waals surface area contributed by atoms with Gasteiger partial charge >= 0.3 is 0 Å². The van der Waals surface area contributed by atoms with Crippen LogP contribution in [0.1, 0.15) is 105 Å². The van der Waals surface area contributed by atoms with Gasteiger partial charge in [0.1, 0.15) is 0 Å². The lowest BCUT2D eigenvalue weighted by molar-refractivity contribution is 0.409. The predicted octanol–water partition coefficient (Wildman–Crippen LogP) is 7.54. The fraction of sp³-hybridized carbons (Fsp3) is 0.900. The van der Waals surface area contributed by atoms with E-state index in [0.717, 1.165) is 11.8 Å². The first-order valence-electron chi connectivity index (χ1n) is 9.29. The maximum atomic E-state index is 2.51. The SMILES string of the molecule is CCCCC(C)CC=C(C)CCCC(CC)CCCC. The van der Waals surface area contributed by atoms with Crippen molar-refractivity contribution in [1.82, 2.24) is 0 Å². The lowest BCUT2D eigenvalue weighted by Crippen LogP contribution is -1.99. The van der Waals surface area contributed by atoms with Gasteiger partial charge in [-0.15, -0.1) is 0 Å². The van der Waals surface area contributed by atoms with Crippen LogP contribution in [0.3, 0.4) is 0 Å². The molecule has 0 saturated carbocycles. The molecule has 0 fully saturated rings. The van der Waals surface area contributed by atoms with Crippen molar-refractivity contribution in [2.24, 2.45) is 11.8 Å². The molecule has 0 aromatic carbocycles. The minimum absolute atomic E-state index is 0.873. The molecule has 0 aliphatic rings. The largest absolute Gasteiger partial charge is 0.0853 e. The Hall–Kier alpha value is -0.260. The molecule has 20 heavy (non-hydrogen) atoms. The Morgan fingerprint density at radius 3 is 2.10 bits per heavy atom. The Morgan fingerprint density at radius 2 is 1.50 bits per heavy atom. The topological polar surface area (TPSA) is 0 Å². The van der Waals surface area contributed by atoms with Crippen molar-refractivity contribution in [2.45, 2.75) is 105 Å². The zero-order valence-corrected chi connectivity index (χ0v) is 15.0. The lowest BCUT2D eigenvalue weighted by atomic mass is 9.92. The highest BCUT2D eigenvalue weighted by molar-refractivity contribution is 4.98. The van der Waals surface area contributed by atoms with Gasteiger partial charge in [-0.25, -0.2) is 0 Å². The number of rotatable bonds is 13. The van der Waals surface area contributed by atoms with Crippen LogP contribution < -0.4 is 0 Å². The average Bonchev–Trinajstić information content (AvgIpc) is 2.46. The van der Waals surface area contributed by atoms with Gasteiger partial charge in [-0.3, -0.25) is 0 Å². The van der Waals surface area contributed by atoms with Crippen LogP contribution in [0.2, 0.25) is 0 Å². The van der Waals surface area contributed by atoms with Crippen molar-refractivity contribution in [2.75, 3.05) is 0 Å². The number of allylic oxidation sites excluding steroid dienone is 2. The van der Waals surface area contributed by atoms with E-state index in [9.17, 15) is 0 Å². The summed E-state index contributed by atoms with van der Waals surface area (Å²) < 4.78 is 0. The fourth-order valence-corrected chi connectivity index (χ4v) is 2.89. The average molecular weight is 281 g/mol. The molecular formula is C20H40. The minimum atomic E-state index is 0.873. The number of hydrogen-bond donors (Lipinski definition) is 0. The van der Waals surface area contributed by atoms with Crippen molar-refractivity contribution in [3.8, 4) is 0 Å². The maximum absolute atomic E-state index is 2.51. The van der Waals surface area contributed by atoms with Crippen molar-refractivity contribution < 1.29 is 0 Å². The van der Waals surface area contributed by atoms with Gasteiger partial charge in [0.2, 0.25) is 0 Å². The molecule has 0 spiro atoms. The third-order valence-electron chi connectivity index (χ3n) is 4.65. The molecule has 0 radical (unpaired) electrons. The van der Waals surface area contributed by atoms with Crippen LogP contribution in [0.15, 0.2) is 11.6 Å². The Kier molecular flexibility index (Phi) is 13.5. The third-order valence-corrected chi connectivity index (χ3v) is 4.65. The Morgan fingerprint density at radius 1 is 0.900 bits per heavy atom. The Balaban J connectivity index is 3.76. The van der Waals surface area contributed by atoms with E-state index in [-0.39, 0.29) is 0 Å². The zero-order valence-electron chi connectivity index (χ0n) is 15.0. The van der Waals surface area contributed by atoms with Crippen LogP contribution in [-0.4, -0.2) is 0 Å². The summed E-state index contributed by atoms with van der Waals surface area (Å²) in [6.45, 7) is 11.7. The van der Waals surface area contributed by atoms with E-state index in [4.69, 9.17) is 0 Å². The number of hydrogen-bond acceptors (Lipinski definition) is 0. The first kappa shape index (κ1) is 19.7. The van der Waals surface area contributed by atoms with Gasteiger partial charge in [0.05, 0.1) is 0 Å². The van der Waals surface area contributed by atoms with Gasteiger partial charge in [0.15, 0.2) is 0 Å². The molecule has 0 nitrogen and oxygen atoms in total. The Labute approximate surface area is 129 Å². The van der Waals surface area contributed by atoms with Crippen LogP contribution in [0.5, 0.6) is 0 Å². The smallest absolute Gasteiger partial charge is 0.0322 e. The minimum Gasteiger partial charge on any atom is -0.0853 e. The summed E-state index contributed by atoms with van der Waals surface area (Å²) >= 11 is 0. The summed E-state index contributed by atoms with van der Waals surface area (Å²) in [4.78, 5) is 0. The second-order valence-electron chi connectivity index (χ2n) is 6.84. The van der Waals surface area contributed by atoms with Crippen LogP contribution in [-0.2, 0) is 0 Å². The van der Waals surface area contributed by atoms with E-state index in [2.05, 4.69) is 40.7 Å². The molecule has 0 rings (SSSR count). The van der Waals surface area contributed by atoms with E-state index in [1.54, 1.807) is 5.57 Å². The molecule has 2 unspecified atom stereocenters. The van der Waals surface area contributed by atoms with E-state index in [1.807, 2.05) is 0 Å². The van der Waals surface area contributed by atoms with E-state index < -0.39 is 0 Å². The monoisotopic (exact) mass is 280 g/mol. The molecule has 2 atom stereocenters. The molecule has 0 amide bonds. The first-order valence-corrected chi connectivity index (χ1v) is 9.29. The maximum Gasteiger partial charge on any atom is -0.0322 e. The quantitative estimate of drug-likeness (QED) is 0.306. The Bertz CT molecular complexity index is 226. The van der Waals surface area contributed by atoms with Crippen LogP contribution >= 0.6 is 0 Å². The van der Waals surface area contributed by atoms with Crippen molar-refractivity contribution in [3.05, 3.63) is 11.6 Å². The van der Waals surface area contributed by atoms with E-state index >= 15 is 0 Å².